The second kappa shape index (κ2) is 17.2. The molecule has 17 nitrogen and oxygen atoms in total. The predicted octanol–water partition coefficient (Wildman–Crippen LogP) is 1.06. The molecule has 69 heavy (non-hydrogen) atoms. The van der Waals surface area contributed by atoms with Crippen LogP contribution in [0.1, 0.15) is 124 Å². The number of carbonyl (C=O) groups is 2. The lowest BCUT2D eigenvalue weighted by molar-refractivity contribution is -0.342. The average Bonchev–Trinajstić information content (AvgIpc) is 4.06. The van der Waals surface area contributed by atoms with E-state index in [1.54, 1.807) is 6.08 Å². The highest BCUT2D eigenvalue weighted by atomic mass is 16.7. The van der Waals surface area contributed by atoms with E-state index < -0.39 is 113 Å². The molecule has 0 bridgehead atoms. The Morgan fingerprint density at radius 2 is 1.32 bits per heavy atom. The minimum Gasteiger partial charge on any atom is -0.458 e. The van der Waals surface area contributed by atoms with E-state index in [-0.39, 0.29) is 67.5 Å². The van der Waals surface area contributed by atoms with Crippen LogP contribution in [0.3, 0.4) is 0 Å². The van der Waals surface area contributed by atoms with Crippen molar-refractivity contribution in [1.29, 1.82) is 0 Å². The average molecular weight is 975 g/mol. The molecule has 0 amide bonds. The summed E-state index contributed by atoms with van der Waals surface area (Å²) < 4.78 is 21.8. The fraction of sp³-hybridized carbons (Fsp3) is 0.885. The van der Waals surface area contributed by atoms with Crippen molar-refractivity contribution < 1.29 is 84.7 Å². The van der Waals surface area contributed by atoms with Crippen molar-refractivity contribution in [1.82, 2.24) is 0 Å². The van der Waals surface area contributed by atoms with E-state index in [2.05, 4.69) is 6.92 Å². The van der Waals surface area contributed by atoms with Crippen LogP contribution >= 0.6 is 0 Å². The second-order valence-electron chi connectivity index (χ2n) is 24.6. The van der Waals surface area contributed by atoms with Crippen molar-refractivity contribution in [2.24, 2.45) is 63.1 Å². The number of cyclic esters (lactones) is 2. The quantitative estimate of drug-likeness (QED) is 0.136. The number of aliphatic hydroxyl groups is 11. The first-order chi connectivity index (χ1) is 32.4. The van der Waals surface area contributed by atoms with Gasteiger partial charge in [0.1, 0.15) is 31.5 Å². The zero-order chi connectivity index (χ0) is 49.6. The SMILES string of the molecule is C[C@@H]1O[C@@H](O[C@H]2C[C@@H](O)[C@]3(CO)[C@H]4[C@H](O)C[C@]5(C)[C@@H](C6=CC(=O)OC6)CC[C@]5(O)[C@@H]4CC[C@]3(O)C2)[C@H](O)[C@H](O)[C@H]1O.C[C@]12CC[C@H](O)C[C@H]1CC[C@@H]1[C@@H]2C[C@@H](O)[C@]2(C)[C@@H](C3=CC(=O)OC3)CC[C@]12O. The Labute approximate surface area is 403 Å². The molecule has 11 N–H and O–H groups in total. The third-order valence-electron chi connectivity index (χ3n) is 22.2. The summed E-state index contributed by atoms with van der Waals surface area (Å²) in [6, 6.07) is 0. The van der Waals surface area contributed by atoms with Gasteiger partial charge in [0.25, 0.3) is 0 Å². The fourth-order valence-electron chi connectivity index (χ4n) is 18.5. The minimum atomic E-state index is -1.67. The summed E-state index contributed by atoms with van der Waals surface area (Å²) >= 11 is 0. The first-order valence-electron chi connectivity index (χ1n) is 26.0. The molecule has 388 valence electrons. The lowest BCUT2D eigenvalue weighted by Crippen LogP contribution is -2.76. The van der Waals surface area contributed by atoms with Gasteiger partial charge in [-0.05, 0) is 142 Å². The van der Waals surface area contributed by atoms with Gasteiger partial charge in [0.05, 0.1) is 65.4 Å². The first kappa shape index (κ1) is 50.4. The summed E-state index contributed by atoms with van der Waals surface area (Å²) in [5.41, 5.74) is -4.97. The van der Waals surface area contributed by atoms with Crippen LogP contribution in [0.5, 0.6) is 0 Å². The smallest absolute Gasteiger partial charge is 0.331 e. The predicted molar refractivity (Wildman–Crippen MR) is 242 cm³/mol. The van der Waals surface area contributed by atoms with Gasteiger partial charge in [-0.1, -0.05) is 20.8 Å². The molecule has 0 aromatic heterocycles. The van der Waals surface area contributed by atoms with Gasteiger partial charge in [0.15, 0.2) is 6.29 Å². The van der Waals surface area contributed by atoms with Crippen LogP contribution in [0, 0.1) is 63.1 Å². The zero-order valence-corrected chi connectivity index (χ0v) is 40.6. The van der Waals surface area contributed by atoms with Crippen molar-refractivity contribution in [2.75, 3.05) is 19.8 Å². The first-order valence-corrected chi connectivity index (χ1v) is 26.0. The molecule has 0 aromatic carbocycles. The number of carbonyl (C=O) groups excluding carboxylic acids is 2. The van der Waals surface area contributed by atoms with Gasteiger partial charge < -0.3 is 75.1 Å². The maximum Gasteiger partial charge on any atom is 0.331 e. The molecule has 0 spiro atoms. The number of fused-ring (bicyclic) bond motifs is 10. The molecule has 8 aliphatic carbocycles. The normalized spacial score (nSPS) is 56.4. The number of hydrogen-bond donors (Lipinski definition) is 11. The standard InChI is InChI=1S/C29H44O12.C23H34O5/c1-13-22(34)23(35)24(36)25(40-13)41-15-8-19(32)28(12-30)21-17(3-5-27(28,37)9-15)29(38)6-4-16(14-7-20(33)39-11-14)26(29,2)10-18(21)31;1-21-7-5-15(24)10-14(21)3-4-17-18(21)11-19(25)22(2)16(6-8-23(17,22)27)13-9-20(26)28-12-13/h7,13,15-19,21-25,30-32,34-38H,3-6,8-12H2,1-2H3;9,14-19,24-25,27H,3-8,10-12H2,1-2H3/t13-,15-,16+,17+,18+,19+,21+,22-,23+,24+,25-,26+,27-,28+,29-;14-,15+,16-,17-,18+,19-,21+,22+,23+/m01/s1. The third-order valence-corrected chi connectivity index (χ3v) is 22.2. The highest BCUT2D eigenvalue weighted by Crippen LogP contribution is 2.72. The molecule has 17 heteroatoms. The summed E-state index contributed by atoms with van der Waals surface area (Å²) in [5, 5.41) is 123. The van der Waals surface area contributed by atoms with Crippen LogP contribution in [0.2, 0.25) is 0 Å². The van der Waals surface area contributed by atoms with E-state index in [4.69, 9.17) is 18.9 Å². The molecule has 8 saturated carbocycles. The minimum absolute atomic E-state index is 0.00129. The van der Waals surface area contributed by atoms with E-state index in [1.807, 2.05) is 13.8 Å². The lowest BCUT2D eigenvalue weighted by atomic mass is 9.40. The molecule has 9 fully saturated rings. The van der Waals surface area contributed by atoms with Gasteiger partial charge in [0, 0.05) is 41.7 Å². The maximum atomic E-state index is 12.4. The monoisotopic (exact) mass is 975 g/mol. The van der Waals surface area contributed by atoms with E-state index in [9.17, 15) is 65.8 Å². The summed E-state index contributed by atoms with van der Waals surface area (Å²) in [6.07, 6.45) is 1.01. The van der Waals surface area contributed by atoms with Gasteiger partial charge in [-0.3, -0.25) is 0 Å². The van der Waals surface area contributed by atoms with Crippen molar-refractivity contribution in [2.45, 2.75) is 202 Å². The van der Waals surface area contributed by atoms with Gasteiger partial charge in [0.2, 0.25) is 0 Å². The molecule has 3 heterocycles. The molecular formula is C52H78O17. The zero-order valence-electron chi connectivity index (χ0n) is 40.6. The molecule has 0 aromatic rings. The van der Waals surface area contributed by atoms with Crippen molar-refractivity contribution in [3.63, 3.8) is 0 Å². The molecular weight excluding hydrogens is 897 g/mol. The van der Waals surface area contributed by atoms with Gasteiger partial charge in [-0.15, -0.1) is 0 Å². The molecule has 3 aliphatic heterocycles. The summed E-state index contributed by atoms with van der Waals surface area (Å²) in [4.78, 5) is 23.5. The Bertz CT molecular complexity index is 2080. The highest BCUT2D eigenvalue weighted by molar-refractivity contribution is 5.86. The Morgan fingerprint density at radius 3 is 1.97 bits per heavy atom. The molecule has 0 radical (unpaired) electrons. The maximum absolute atomic E-state index is 12.4. The Morgan fingerprint density at radius 1 is 0.667 bits per heavy atom. The summed E-state index contributed by atoms with van der Waals surface area (Å²) in [6.45, 7) is 7.70. The topological polar surface area (TPSA) is 294 Å². The number of esters is 2. The van der Waals surface area contributed by atoms with Crippen molar-refractivity contribution in [3.05, 3.63) is 23.3 Å². The van der Waals surface area contributed by atoms with Crippen LogP contribution in [0.15, 0.2) is 23.3 Å². The summed E-state index contributed by atoms with van der Waals surface area (Å²) in [5.74, 6) is -1.27. The van der Waals surface area contributed by atoms with Gasteiger partial charge >= 0.3 is 11.9 Å². The van der Waals surface area contributed by atoms with E-state index >= 15 is 0 Å². The Balaban J connectivity index is 0.000000172. The molecule has 1 saturated heterocycles. The van der Waals surface area contributed by atoms with Crippen LogP contribution in [-0.2, 0) is 28.5 Å². The van der Waals surface area contributed by atoms with Gasteiger partial charge in [-0.25, -0.2) is 9.59 Å². The van der Waals surface area contributed by atoms with Crippen molar-refractivity contribution >= 4 is 11.9 Å². The molecule has 11 rings (SSSR count). The van der Waals surface area contributed by atoms with Crippen LogP contribution in [0.4, 0.5) is 0 Å². The highest BCUT2D eigenvalue weighted by Gasteiger charge is 2.76. The largest absolute Gasteiger partial charge is 0.458 e. The number of ether oxygens (including phenoxy) is 4. The molecule has 11 aliphatic rings. The Kier molecular flexibility index (Phi) is 12.6. The van der Waals surface area contributed by atoms with E-state index in [0.717, 1.165) is 49.7 Å². The van der Waals surface area contributed by atoms with Crippen molar-refractivity contribution in [3.8, 4) is 0 Å². The third kappa shape index (κ3) is 7.08. The molecule has 0 unspecified atom stereocenters. The van der Waals surface area contributed by atoms with Crippen LogP contribution < -0.4 is 0 Å². The number of hydrogen-bond acceptors (Lipinski definition) is 17. The van der Waals surface area contributed by atoms with Crippen LogP contribution in [0.25, 0.3) is 0 Å². The Hall–Kier alpha value is -2.10. The number of rotatable bonds is 5. The van der Waals surface area contributed by atoms with Gasteiger partial charge in [-0.2, -0.15) is 0 Å². The van der Waals surface area contributed by atoms with E-state index in [1.165, 1.54) is 13.0 Å². The fourth-order valence-corrected chi connectivity index (χ4v) is 18.5. The van der Waals surface area contributed by atoms with Crippen LogP contribution in [-0.4, -0.2) is 166 Å². The summed E-state index contributed by atoms with van der Waals surface area (Å²) in [7, 11) is 0. The number of aliphatic hydroxyl groups excluding tert-OH is 8. The second-order valence-corrected chi connectivity index (χ2v) is 24.6. The van der Waals surface area contributed by atoms with E-state index in [0.29, 0.717) is 50.5 Å². The molecule has 24 atom stereocenters. The lowest BCUT2D eigenvalue weighted by Gasteiger charge is -2.68.